The highest BCUT2D eigenvalue weighted by molar-refractivity contribution is 8.75. The molecule has 0 aliphatic heterocycles. The summed E-state index contributed by atoms with van der Waals surface area (Å²) >= 11 is 0. The first-order chi connectivity index (χ1) is 10.6. The third-order valence-electron chi connectivity index (χ3n) is 2.94. The maximum absolute atomic E-state index is 12.0. The van der Waals surface area contributed by atoms with E-state index in [0.29, 0.717) is 51.6 Å². The second-order valence-corrected chi connectivity index (χ2v) is 6.76. The van der Waals surface area contributed by atoms with Crippen molar-refractivity contribution >= 4 is 33.8 Å². The summed E-state index contributed by atoms with van der Waals surface area (Å²) in [5.74, 6) is 0.0504. The first kappa shape index (κ1) is 21.6. The second kappa shape index (κ2) is 14.2. The number of carbonyl (C=O) groups is 2. The van der Waals surface area contributed by atoms with E-state index in [4.69, 9.17) is 10.2 Å². The lowest BCUT2D eigenvalue weighted by Crippen LogP contribution is -2.27. The van der Waals surface area contributed by atoms with Gasteiger partial charge in [0, 0.05) is 61.1 Å². The average Bonchev–Trinajstić information content (AvgIpc) is 2.52. The van der Waals surface area contributed by atoms with E-state index in [0.717, 1.165) is 0 Å². The zero-order valence-electron chi connectivity index (χ0n) is 13.5. The lowest BCUT2D eigenvalue weighted by atomic mass is 10.2. The summed E-state index contributed by atoms with van der Waals surface area (Å²) in [5, 5.41) is 17.5. The topological polar surface area (TPSA) is 81.1 Å². The van der Waals surface area contributed by atoms with Gasteiger partial charge in [0.15, 0.2) is 0 Å². The highest BCUT2D eigenvalue weighted by Crippen LogP contribution is 2.31. The predicted octanol–water partition coefficient (Wildman–Crippen LogP) is 2.22. The van der Waals surface area contributed by atoms with Crippen LogP contribution in [0.2, 0.25) is 0 Å². The molecule has 0 spiro atoms. The number of unbranched alkanes of at least 4 members (excludes halogenated alkanes) is 2. The molecule has 0 saturated heterocycles. The number of aliphatic hydroxyl groups excluding tert-OH is 2. The van der Waals surface area contributed by atoms with Crippen molar-refractivity contribution < 1.29 is 19.8 Å². The summed E-state index contributed by atoms with van der Waals surface area (Å²) in [6, 6.07) is 0. The van der Waals surface area contributed by atoms with E-state index in [9.17, 15) is 9.59 Å². The summed E-state index contributed by atoms with van der Waals surface area (Å²) in [5.41, 5.74) is 0. The summed E-state index contributed by atoms with van der Waals surface area (Å²) in [7, 11) is 2.56. The second-order valence-electron chi connectivity index (χ2n) is 4.69. The van der Waals surface area contributed by atoms with Crippen molar-refractivity contribution in [1.82, 2.24) is 8.61 Å². The molecule has 6 nitrogen and oxygen atoms in total. The lowest BCUT2D eigenvalue weighted by Gasteiger charge is -2.23. The van der Waals surface area contributed by atoms with E-state index in [1.165, 1.54) is 22.0 Å². The van der Waals surface area contributed by atoms with Crippen LogP contribution in [0, 0.1) is 0 Å². The molecule has 0 rings (SSSR count). The molecule has 0 aromatic heterocycles. The fourth-order valence-electron chi connectivity index (χ4n) is 1.65. The first-order valence-electron chi connectivity index (χ1n) is 7.77. The number of rotatable bonds is 13. The monoisotopic (exact) mass is 352 g/mol. The first-order valence-corrected chi connectivity index (χ1v) is 9.84. The number of amides is 2. The molecule has 0 aromatic carbocycles. The fourth-order valence-corrected chi connectivity index (χ4v) is 3.98. The largest absolute Gasteiger partial charge is 0.396 e. The Hall–Kier alpha value is -0.440. The molecule has 0 bridgehead atoms. The van der Waals surface area contributed by atoms with Crippen LogP contribution in [0.3, 0.4) is 0 Å². The van der Waals surface area contributed by atoms with Gasteiger partial charge in [0.25, 0.3) is 0 Å². The van der Waals surface area contributed by atoms with Crippen LogP contribution in [0.4, 0.5) is 0 Å². The molecule has 130 valence electrons. The van der Waals surface area contributed by atoms with Crippen LogP contribution in [0.1, 0.15) is 52.4 Å². The standard InChI is InChI=1S/C14H28N2O4S2/c1-3-15(13(19)9-5-7-11-17)21-22-16(4-2)14(20)10-6-8-12-18/h17-18H,3-12H2,1-2H3. The molecule has 8 heteroatoms. The van der Waals surface area contributed by atoms with Crippen molar-refractivity contribution in [2.45, 2.75) is 52.4 Å². The van der Waals surface area contributed by atoms with Gasteiger partial charge in [0.1, 0.15) is 0 Å². The molecule has 0 radical (unpaired) electrons. The Morgan fingerprint density at radius 2 is 1.14 bits per heavy atom. The summed E-state index contributed by atoms with van der Waals surface area (Å²) in [4.78, 5) is 24.0. The molecule has 22 heavy (non-hydrogen) atoms. The minimum absolute atomic E-state index is 0.0252. The highest BCUT2D eigenvalue weighted by atomic mass is 33.1. The van der Waals surface area contributed by atoms with Crippen molar-refractivity contribution in [3.05, 3.63) is 0 Å². The van der Waals surface area contributed by atoms with Crippen LogP contribution in [-0.4, -0.2) is 56.9 Å². The van der Waals surface area contributed by atoms with E-state index in [2.05, 4.69) is 0 Å². The predicted molar refractivity (Wildman–Crippen MR) is 91.8 cm³/mol. The van der Waals surface area contributed by atoms with Gasteiger partial charge in [0.2, 0.25) is 11.8 Å². The summed E-state index contributed by atoms with van der Waals surface area (Å²) in [6.45, 7) is 5.16. The van der Waals surface area contributed by atoms with Gasteiger partial charge in [-0.25, -0.2) is 0 Å². The van der Waals surface area contributed by atoms with Gasteiger partial charge in [-0.15, -0.1) is 0 Å². The van der Waals surface area contributed by atoms with Crippen molar-refractivity contribution in [1.29, 1.82) is 0 Å². The van der Waals surface area contributed by atoms with Gasteiger partial charge in [0.05, 0.1) is 0 Å². The van der Waals surface area contributed by atoms with E-state index in [1.807, 2.05) is 13.8 Å². The molecule has 0 aliphatic rings. The third kappa shape index (κ3) is 9.55. The smallest absolute Gasteiger partial charge is 0.233 e. The minimum atomic E-state index is 0.0252. The lowest BCUT2D eigenvalue weighted by molar-refractivity contribution is -0.127. The Balaban J connectivity index is 4.20. The molecule has 0 aliphatic carbocycles. The third-order valence-corrected chi connectivity index (χ3v) is 5.57. The molecule has 2 amide bonds. The Morgan fingerprint density at radius 1 is 0.773 bits per heavy atom. The Kier molecular flexibility index (Phi) is 13.9. The van der Waals surface area contributed by atoms with Crippen LogP contribution >= 0.6 is 22.0 Å². The van der Waals surface area contributed by atoms with E-state index >= 15 is 0 Å². The highest BCUT2D eigenvalue weighted by Gasteiger charge is 2.17. The molecule has 0 aromatic rings. The SMILES string of the molecule is CCN(SSN(CC)C(=O)CCCCO)C(=O)CCCCO. The summed E-state index contributed by atoms with van der Waals surface area (Å²) < 4.78 is 3.29. The molecule has 0 fully saturated rings. The van der Waals surface area contributed by atoms with Crippen molar-refractivity contribution in [3.63, 3.8) is 0 Å². The van der Waals surface area contributed by atoms with Crippen LogP contribution in [0.15, 0.2) is 0 Å². The maximum Gasteiger partial charge on any atom is 0.233 e. The fraction of sp³-hybridized carbons (Fsp3) is 0.857. The normalized spacial score (nSPS) is 10.5. The maximum atomic E-state index is 12.0. The van der Waals surface area contributed by atoms with Crippen LogP contribution in [-0.2, 0) is 9.59 Å². The van der Waals surface area contributed by atoms with E-state index < -0.39 is 0 Å². The van der Waals surface area contributed by atoms with Crippen molar-refractivity contribution in [3.8, 4) is 0 Å². The average molecular weight is 353 g/mol. The number of carbonyl (C=O) groups excluding carboxylic acids is 2. The quantitative estimate of drug-likeness (QED) is 0.300. The van der Waals surface area contributed by atoms with E-state index in [-0.39, 0.29) is 25.0 Å². The zero-order chi connectivity index (χ0) is 16.8. The molecular weight excluding hydrogens is 324 g/mol. The molecule has 0 unspecified atom stereocenters. The number of hydrogen-bond donors (Lipinski definition) is 2. The Bertz CT molecular complexity index is 289. The molecular formula is C14H28N2O4S2. The number of aliphatic hydroxyl groups is 2. The van der Waals surface area contributed by atoms with Gasteiger partial charge >= 0.3 is 0 Å². The molecule has 0 heterocycles. The number of nitrogens with zero attached hydrogens (tertiary/aromatic N) is 2. The van der Waals surface area contributed by atoms with Crippen molar-refractivity contribution in [2.75, 3.05) is 26.3 Å². The Morgan fingerprint density at radius 3 is 1.41 bits per heavy atom. The number of hydrogen-bond acceptors (Lipinski definition) is 6. The molecule has 0 saturated carbocycles. The van der Waals surface area contributed by atoms with Gasteiger partial charge in [-0.1, -0.05) is 0 Å². The minimum Gasteiger partial charge on any atom is -0.396 e. The Labute approximate surface area is 141 Å². The van der Waals surface area contributed by atoms with Crippen molar-refractivity contribution in [2.24, 2.45) is 0 Å². The molecule has 0 atom stereocenters. The van der Waals surface area contributed by atoms with Gasteiger partial charge in [-0.05, 0) is 39.5 Å². The van der Waals surface area contributed by atoms with Gasteiger partial charge in [-0.2, -0.15) is 0 Å². The zero-order valence-corrected chi connectivity index (χ0v) is 15.1. The van der Waals surface area contributed by atoms with E-state index in [1.54, 1.807) is 8.61 Å². The van der Waals surface area contributed by atoms with Crippen LogP contribution in [0.5, 0.6) is 0 Å². The van der Waals surface area contributed by atoms with Gasteiger partial charge in [-0.3, -0.25) is 18.2 Å². The van der Waals surface area contributed by atoms with Crippen LogP contribution in [0.25, 0.3) is 0 Å². The molecule has 2 N–H and O–H groups in total. The summed E-state index contributed by atoms with van der Waals surface area (Å²) in [6.07, 6.45) is 3.44. The van der Waals surface area contributed by atoms with Gasteiger partial charge < -0.3 is 10.2 Å². The van der Waals surface area contributed by atoms with Crippen LogP contribution < -0.4 is 0 Å².